The van der Waals surface area contributed by atoms with Crippen molar-refractivity contribution in [1.82, 2.24) is 0 Å². The Morgan fingerprint density at radius 1 is 1.28 bits per heavy atom. The van der Waals surface area contributed by atoms with Gasteiger partial charge >= 0.3 is 5.97 Å². The van der Waals surface area contributed by atoms with Crippen LogP contribution >= 0.6 is 0 Å². The van der Waals surface area contributed by atoms with Crippen LogP contribution in [0.4, 0.5) is 0 Å². The lowest BCUT2D eigenvalue weighted by Crippen LogP contribution is -2.55. The topological polar surface area (TPSA) is 64.8 Å². The fourth-order valence-corrected chi connectivity index (χ4v) is 6.34. The van der Waals surface area contributed by atoms with Crippen molar-refractivity contribution in [1.29, 1.82) is 0 Å². The van der Waals surface area contributed by atoms with Gasteiger partial charge in [0.15, 0.2) is 11.6 Å². The minimum atomic E-state index is -0.633. The summed E-state index contributed by atoms with van der Waals surface area (Å²) in [5, 5.41) is 0. The van der Waals surface area contributed by atoms with Crippen molar-refractivity contribution in [2.75, 3.05) is 7.11 Å². The standard InChI is InChI=1S/C24H31NO4/c1-22(2)18-10-11-23(3)15(8-7-9-20(27)29-6)12-16(26)13-19(23)24(18,4)14-17(25-5)21(22)28/h13-15,18H,7-12H2,1-4,6H3/t15-,18+,23+,24+/m1/s1. The summed E-state index contributed by atoms with van der Waals surface area (Å²) >= 11 is 0. The molecule has 0 aromatic heterocycles. The molecular formula is C24H31NO4. The van der Waals surface area contributed by atoms with E-state index in [0.717, 1.165) is 24.8 Å². The van der Waals surface area contributed by atoms with Crippen molar-refractivity contribution < 1.29 is 19.1 Å². The fraction of sp³-hybridized carbons (Fsp3) is 0.667. The summed E-state index contributed by atoms with van der Waals surface area (Å²) in [6, 6.07) is 0. The molecule has 0 bridgehead atoms. The molecule has 0 unspecified atom stereocenters. The Morgan fingerprint density at radius 2 is 1.97 bits per heavy atom. The average molecular weight is 398 g/mol. The number of carbonyl (C=O) groups is 3. The number of ketones is 2. The normalized spacial score (nSPS) is 35.6. The first kappa shape index (κ1) is 21.5. The Balaban J connectivity index is 2.01. The van der Waals surface area contributed by atoms with Crippen LogP contribution in [-0.2, 0) is 19.1 Å². The summed E-state index contributed by atoms with van der Waals surface area (Å²) in [6.07, 6.45) is 7.76. The molecule has 0 amide bonds. The van der Waals surface area contributed by atoms with Crippen LogP contribution < -0.4 is 0 Å². The van der Waals surface area contributed by atoms with Crippen LogP contribution in [0.5, 0.6) is 0 Å². The van der Waals surface area contributed by atoms with Gasteiger partial charge in [0.05, 0.1) is 13.7 Å². The van der Waals surface area contributed by atoms with E-state index in [1.807, 2.05) is 19.9 Å². The van der Waals surface area contributed by atoms with Crippen molar-refractivity contribution in [2.45, 2.75) is 66.2 Å². The van der Waals surface area contributed by atoms with E-state index in [-0.39, 0.29) is 40.5 Å². The SMILES string of the molecule is [C-]#[N+]C1=C[C@]2(C)C3=CC(=O)C[C@@H](CCCC(=O)OC)[C@]3(C)CC[C@H]2C(C)(C)C1=O. The molecule has 1 saturated carbocycles. The first-order chi connectivity index (χ1) is 13.5. The lowest BCUT2D eigenvalue weighted by molar-refractivity contribution is -0.140. The molecule has 0 aliphatic heterocycles. The van der Waals surface area contributed by atoms with Crippen molar-refractivity contribution in [3.63, 3.8) is 0 Å². The summed E-state index contributed by atoms with van der Waals surface area (Å²) in [6.45, 7) is 15.7. The van der Waals surface area contributed by atoms with E-state index in [1.165, 1.54) is 7.11 Å². The van der Waals surface area contributed by atoms with E-state index in [2.05, 4.69) is 18.7 Å². The van der Waals surface area contributed by atoms with E-state index in [0.29, 0.717) is 19.3 Å². The molecular weight excluding hydrogens is 366 g/mol. The highest BCUT2D eigenvalue weighted by Gasteiger charge is 2.60. The van der Waals surface area contributed by atoms with Crippen LogP contribution in [0, 0.1) is 34.7 Å². The number of ether oxygens (including phenoxy) is 1. The van der Waals surface area contributed by atoms with Crippen LogP contribution in [0.25, 0.3) is 4.85 Å². The van der Waals surface area contributed by atoms with Crippen LogP contribution in [0.1, 0.15) is 66.2 Å². The van der Waals surface area contributed by atoms with E-state index in [1.54, 1.807) is 6.08 Å². The molecule has 29 heavy (non-hydrogen) atoms. The Morgan fingerprint density at radius 3 is 2.59 bits per heavy atom. The quantitative estimate of drug-likeness (QED) is 0.510. The van der Waals surface area contributed by atoms with Gasteiger partial charge in [-0.3, -0.25) is 9.59 Å². The summed E-state index contributed by atoms with van der Waals surface area (Å²) in [5.74, 6) is 0.0173. The van der Waals surface area contributed by atoms with Crippen LogP contribution in [0.2, 0.25) is 0 Å². The van der Waals surface area contributed by atoms with Gasteiger partial charge in [-0.15, -0.1) is 0 Å². The largest absolute Gasteiger partial charge is 0.469 e. The molecule has 0 spiro atoms. The van der Waals surface area contributed by atoms with Gasteiger partial charge in [-0.05, 0) is 49.0 Å². The van der Waals surface area contributed by atoms with Gasteiger partial charge in [0.25, 0.3) is 0 Å². The second-order valence-electron chi connectivity index (χ2n) is 9.88. The molecule has 0 N–H and O–H groups in total. The Bertz CT molecular complexity index is 859. The van der Waals surface area contributed by atoms with E-state index >= 15 is 0 Å². The number of hydrogen-bond acceptors (Lipinski definition) is 4. The highest BCUT2D eigenvalue weighted by molar-refractivity contribution is 6.03. The molecule has 5 nitrogen and oxygen atoms in total. The average Bonchev–Trinajstić information content (AvgIpc) is 2.66. The van der Waals surface area contributed by atoms with Gasteiger partial charge in [0.2, 0.25) is 5.70 Å². The molecule has 0 aromatic rings. The van der Waals surface area contributed by atoms with Gasteiger partial charge in [0.1, 0.15) is 0 Å². The molecule has 3 aliphatic carbocycles. The van der Waals surface area contributed by atoms with Gasteiger partial charge in [-0.1, -0.05) is 39.3 Å². The van der Waals surface area contributed by atoms with Crippen molar-refractivity contribution in [3.05, 3.63) is 34.8 Å². The third kappa shape index (κ3) is 3.27. The van der Waals surface area contributed by atoms with Crippen molar-refractivity contribution >= 4 is 17.5 Å². The van der Waals surface area contributed by atoms with Gasteiger partial charge in [-0.2, -0.15) is 0 Å². The van der Waals surface area contributed by atoms with Gasteiger partial charge in [-0.25, -0.2) is 4.85 Å². The zero-order valence-corrected chi connectivity index (χ0v) is 18.1. The molecule has 0 radical (unpaired) electrons. The molecule has 1 fully saturated rings. The number of nitrogens with zero attached hydrogens (tertiary/aromatic N) is 1. The minimum absolute atomic E-state index is 0.0638. The minimum Gasteiger partial charge on any atom is -0.469 e. The number of fused-ring (bicyclic) bond motifs is 3. The maximum Gasteiger partial charge on any atom is 0.305 e. The van der Waals surface area contributed by atoms with Gasteiger partial charge in [0, 0.05) is 23.7 Å². The summed E-state index contributed by atoms with van der Waals surface area (Å²) in [4.78, 5) is 40.6. The number of rotatable bonds is 4. The molecule has 4 atom stereocenters. The molecule has 0 heterocycles. The summed E-state index contributed by atoms with van der Waals surface area (Å²) in [5.41, 5.74) is -0.0237. The monoisotopic (exact) mass is 397 g/mol. The Hall–Kier alpha value is -2.22. The predicted molar refractivity (Wildman–Crippen MR) is 109 cm³/mol. The zero-order valence-electron chi connectivity index (χ0n) is 18.1. The molecule has 5 heteroatoms. The smallest absolute Gasteiger partial charge is 0.305 e. The van der Waals surface area contributed by atoms with E-state index in [4.69, 9.17) is 11.3 Å². The summed E-state index contributed by atoms with van der Waals surface area (Å²) < 4.78 is 4.75. The first-order valence-corrected chi connectivity index (χ1v) is 10.5. The van der Waals surface area contributed by atoms with Gasteiger partial charge < -0.3 is 9.53 Å². The molecule has 0 saturated heterocycles. The fourth-order valence-electron chi connectivity index (χ4n) is 6.34. The second-order valence-corrected chi connectivity index (χ2v) is 9.88. The number of carbonyl (C=O) groups excluding carboxylic acids is 3. The molecule has 156 valence electrons. The zero-order chi connectivity index (χ0) is 21.6. The number of hydrogen-bond donors (Lipinski definition) is 0. The molecule has 3 rings (SSSR count). The number of esters is 1. The van der Waals surface area contributed by atoms with Crippen molar-refractivity contribution in [3.8, 4) is 0 Å². The maximum absolute atomic E-state index is 12.9. The van der Waals surface area contributed by atoms with Crippen LogP contribution in [0.15, 0.2) is 23.4 Å². The van der Waals surface area contributed by atoms with E-state index < -0.39 is 10.8 Å². The third-order valence-electron chi connectivity index (χ3n) is 7.93. The predicted octanol–water partition coefficient (Wildman–Crippen LogP) is 4.68. The van der Waals surface area contributed by atoms with E-state index in [9.17, 15) is 14.4 Å². The molecule has 3 aliphatic rings. The highest BCUT2D eigenvalue weighted by atomic mass is 16.5. The lowest BCUT2D eigenvalue weighted by Gasteiger charge is -2.60. The van der Waals surface area contributed by atoms with Crippen molar-refractivity contribution in [2.24, 2.45) is 28.1 Å². The Kier molecular flexibility index (Phi) is 5.36. The Labute approximate surface area is 173 Å². The first-order valence-electron chi connectivity index (χ1n) is 10.5. The molecule has 0 aromatic carbocycles. The summed E-state index contributed by atoms with van der Waals surface area (Å²) in [7, 11) is 1.39. The lowest BCUT2D eigenvalue weighted by atomic mass is 9.43. The third-order valence-corrected chi connectivity index (χ3v) is 7.93. The van der Waals surface area contributed by atoms with Crippen LogP contribution in [-0.4, -0.2) is 24.6 Å². The second kappa shape index (κ2) is 7.23. The van der Waals surface area contributed by atoms with Crippen LogP contribution in [0.3, 0.4) is 0 Å². The number of Topliss-reactive ketones (excluding diaryl/α,β-unsaturated/α-hetero) is 1. The number of allylic oxidation sites excluding steroid dienone is 4. The highest BCUT2D eigenvalue weighted by Crippen LogP contribution is 2.65. The number of methoxy groups -OCH3 is 1. The maximum atomic E-state index is 12.9.